The summed E-state index contributed by atoms with van der Waals surface area (Å²) in [6, 6.07) is 15.2. The summed E-state index contributed by atoms with van der Waals surface area (Å²) in [5.41, 5.74) is 2.52. The van der Waals surface area contributed by atoms with E-state index in [1.54, 1.807) is 29.1 Å². The Balaban J connectivity index is 1.65. The van der Waals surface area contributed by atoms with Crippen molar-refractivity contribution in [2.45, 2.75) is 18.9 Å². The van der Waals surface area contributed by atoms with Gasteiger partial charge in [0.25, 0.3) is 0 Å². The number of nitrogens with zero attached hydrogens (tertiary/aromatic N) is 4. The molecule has 2 amide bonds. The van der Waals surface area contributed by atoms with Gasteiger partial charge in [-0.05, 0) is 36.4 Å². The first-order valence-electron chi connectivity index (χ1n) is 10.9. The Kier molecular flexibility index (Phi) is 6.58. The van der Waals surface area contributed by atoms with Crippen molar-refractivity contribution in [3.63, 3.8) is 0 Å². The molecule has 0 spiro atoms. The van der Waals surface area contributed by atoms with E-state index in [1.807, 2.05) is 53.1 Å². The summed E-state index contributed by atoms with van der Waals surface area (Å²) >= 11 is 0. The minimum absolute atomic E-state index is 0.0371. The summed E-state index contributed by atoms with van der Waals surface area (Å²) in [6.07, 6.45) is 3.75. The molecule has 4 rings (SSSR count). The van der Waals surface area contributed by atoms with Crippen LogP contribution in [-0.2, 0) is 16.1 Å². The lowest BCUT2D eigenvalue weighted by atomic mass is 10.1. The van der Waals surface area contributed by atoms with Gasteiger partial charge >= 0.3 is 0 Å². The normalized spacial score (nSPS) is 15.6. The fourth-order valence-corrected chi connectivity index (χ4v) is 4.29. The van der Waals surface area contributed by atoms with Crippen LogP contribution in [0.25, 0.3) is 11.0 Å². The Morgan fingerprint density at radius 1 is 1.15 bits per heavy atom. The van der Waals surface area contributed by atoms with E-state index in [2.05, 4.69) is 13.2 Å². The third-order valence-electron chi connectivity index (χ3n) is 5.90. The quantitative estimate of drug-likeness (QED) is 0.471. The summed E-state index contributed by atoms with van der Waals surface area (Å²) in [7, 11) is 1.61. The van der Waals surface area contributed by atoms with Crippen LogP contribution in [0, 0.1) is 0 Å². The number of anilines is 1. The van der Waals surface area contributed by atoms with Crippen LogP contribution in [-0.4, -0.2) is 53.0 Å². The molecule has 0 unspecified atom stereocenters. The summed E-state index contributed by atoms with van der Waals surface area (Å²) in [5.74, 6) is 1.37. The molecule has 33 heavy (non-hydrogen) atoms. The molecule has 7 heteroatoms. The molecule has 0 saturated carbocycles. The van der Waals surface area contributed by atoms with Crippen molar-refractivity contribution in [1.82, 2.24) is 14.5 Å². The molecule has 0 aliphatic carbocycles. The number of aromatic nitrogens is 2. The molecular formula is C26H28N4O3. The molecule has 0 bridgehead atoms. The highest BCUT2D eigenvalue weighted by Gasteiger charge is 2.35. The Hall–Kier alpha value is -3.87. The van der Waals surface area contributed by atoms with E-state index in [1.165, 1.54) is 0 Å². The number of carbonyl (C=O) groups excluding carboxylic acids is 2. The summed E-state index contributed by atoms with van der Waals surface area (Å²) in [6.45, 7) is 9.04. The first-order chi connectivity index (χ1) is 16.0. The third-order valence-corrected chi connectivity index (χ3v) is 5.90. The highest BCUT2D eigenvalue weighted by atomic mass is 16.5. The SMILES string of the molecule is C=CCN(CC=C)C(=O)Cn1c([C@H]2CC(=O)N(c3ccc(OC)cc3)C2)nc2ccccc21. The maximum absolute atomic E-state index is 13.1. The topological polar surface area (TPSA) is 67.7 Å². The molecule has 0 radical (unpaired) electrons. The zero-order valence-electron chi connectivity index (χ0n) is 18.8. The fraction of sp³-hybridized carbons (Fsp3) is 0.269. The van der Waals surface area contributed by atoms with Gasteiger partial charge in [0.05, 0.1) is 18.1 Å². The Labute approximate surface area is 193 Å². The van der Waals surface area contributed by atoms with Crippen molar-refractivity contribution in [3.05, 3.63) is 79.7 Å². The number of ether oxygens (including phenoxy) is 1. The zero-order chi connectivity index (χ0) is 23.4. The van der Waals surface area contributed by atoms with Gasteiger partial charge in [-0.15, -0.1) is 13.2 Å². The number of hydrogen-bond acceptors (Lipinski definition) is 4. The number of methoxy groups -OCH3 is 1. The first-order valence-corrected chi connectivity index (χ1v) is 10.9. The van der Waals surface area contributed by atoms with Crippen LogP contribution >= 0.6 is 0 Å². The number of benzene rings is 2. The van der Waals surface area contributed by atoms with E-state index in [0.717, 1.165) is 28.3 Å². The number of amides is 2. The Morgan fingerprint density at radius 2 is 1.85 bits per heavy atom. The van der Waals surface area contributed by atoms with Gasteiger partial charge in [-0.2, -0.15) is 0 Å². The van der Waals surface area contributed by atoms with Crippen molar-refractivity contribution in [1.29, 1.82) is 0 Å². The molecule has 1 aliphatic rings. The van der Waals surface area contributed by atoms with Crippen LogP contribution in [0.4, 0.5) is 5.69 Å². The smallest absolute Gasteiger partial charge is 0.243 e. The highest BCUT2D eigenvalue weighted by Crippen LogP contribution is 2.33. The van der Waals surface area contributed by atoms with Crippen LogP contribution in [0.5, 0.6) is 5.75 Å². The van der Waals surface area contributed by atoms with Gasteiger partial charge in [0, 0.05) is 37.7 Å². The molecule has 2 heterocycles. The summed E-state index contributed by atoms with van der Waals surface area (Å²) in [4.78, 5) is 34.3. The van der Waals surface area contributed by atoms with Crippen LogP contribution in [0.3, 0.4) is 0 Å². The van der Waals surface area contributed by atoms with E-state index in [0.29, 0.717) is 26.1 Å². The van der Waals surface area contributed by atoms with E-state index >= 15 is 0 Å². The molecule has 1 atom stereocenters. The molecule has 1 fully saturated rings. The predicted octanol–water partition coefficient (Wildman–Crippen LogP) is 3.77. The van der Waals surface area contributed by atoms with E-state index in [-0.39, 0.29) is 24.3 Å². The number of rotatable bonds is 9. The first kappa shape index (κ1) is 22.3. The van der Waals surface area contributed by atoms with Gasteiger partial charge in [-0.25, -0.2) is 4.98 Å². The molecule has 0 N–H and O–H groups in total. The monoisotopic (exact) mass is 444 g/mol. The Bertz CT molecular complexity index is 1170. The standard InChI is InChI=1S/C26H28N4O3/c1-4-14-28(15-5-2)25(32)18-30-23-9-7-6-8-22(23)27-26(30)19-16-24(31)29(17-19)20-10-12-21(33-3)13-11-20/h4-13,19H,1-2,14-18H2,3H3/t19-/m0/s1. The van der Waals surface area contributed by atoms with Crippen LogP contribution in [0.1, 0.15) is 18.2 Å². The van der Waals surface area contributed by atoms with Crippen molar-refractivity contribution in [2.24, 2.45) is 0 Å². The number of para-hydroxylation sites is 2. The molecule has 1 aromatic heterocycles. The average Bonchev–Trinajstić information content (AvgIpc) is 3.39. The molecule has 1 aliphatic heterocycles. The minimum Gasteiger partial charge on any atom is -0.497 e. The van der Waals surface area contributed by atoms with Gasteiger partial charge in [-0.3, -0.25) is 9.59 Å². The van der Waals surface area contributed by atoms with Crippen molar-refractivity contribution in [3.8, 4) is 5.75 Å². The summed E-state index contributed by atoms with van der Waals surface area (Å²) in [5, 5.41) is 0. The predicted molar refractivity (Wildman–Crippen MR) is 129 cm³/mol. The Morgan fingerprint density at radius 3 is 2.52 bits per heavy atom. The number of fused-ring (bicyclic) bond motifs is 1. The summed E-state index contributed by atoms with van der Waals surface area (Å²) < 4.78 is 7.18. The van der Waals surface area contributed by atoms with Crippen LogP contribution < -0.4 is 9.64 Å². The largest absolute Gasteiger partial charge is 0.497 e. The van der Waals surface area contributed by atoms with E-state index < -0.39 is 0 Å². The average molecular weight is 445 g/mol. The number of carbonyl (C=O) groups is 2. The molecular weight excluding hydrogens is 416 g/mol. The van der Waals surface area contributed by atoms with Gasteiger partial charge < -0.3 is 19.1 Å². The lowest BCUT2D eigenvalue weighted by Crippen LogP contribution is -2.34. The van der Waals surface area contributed by atoms with Crippen molar-refractivity contribution < 1.29 is 14.3 Å². The fourth-order valence-electron chi connectivity index (χ4n) is 4.29. The van der Waals surface area contributed by atoms with E-state index in [9.17, 15) is 9.59 Å². The molecule has 1 saturated heterocycles. The molecule has 7 nitrogen and oxygen atoms in total. The second kappa shape index (κ2) is 9.73. The zero-order valence-corrected chi connectivity index (χ0v) is 18.8. The third kappa shape index (κ3) is 4.53. The van der Waals surface area contributed by atoms with Gasteiger partial charge in [0.2, 0.25) is 11.8 Å². The second-order valence-electron chi connectivity index (χ2n) is 8.02. The molecule has 3 aromatic rings. The van der Waals surface area contributed by atoms with Gasteiger partial charge in [0.15, 0.2) is 0 Å². The lowest BCUT2D eigenvalue weighted by Gasteiger charge is -2.21. The highest BCUT2D eigenvalue weighted by molar-refractivity contribution is 5.96. The maximum atomic E-state index is 13.1. The second-order valence-corrected chi connectivity index (χ2v) is 8.02. The van der Waals surface area contributed by atoms with Crippen molar-refractivity contribution >= 4 is 28.5 Å². The van der Waals surface area contributed by atoms with Crippen molar-refractivity contribution in [2.75, 3.05) is 31.6 Å². The molecule has 170 valence electrons. The van der Waals surface area contributed by atoms with Crippen LogP contribution in [0.2, 0.25) is 0 Å². The van der Waals surface area contributed by atoms with Gasteiger partial charge in [0.1, 0.15) is 18.1 Å². The minimum atomic E-state index is -0.118. The van der Waals surface area contributed by atoms with E-state index in [4.69, 9.17) is 9.72 Å². The lowest BCUT2D eigenvalue weighted by molar-refractivity contribution is -0.130. The number of hydrogen-bond donors (Lipinski definition) is 0. The van der Waals surface area contributed by atoms with Gasteiger partial charge in [-0.1, -0.05) is 24.3 Å². The molecule has 2 aromatic carbocycles. The number of imidazole rings is 1. The maximum Gasteiger partial charge on any atom is 0.243 e. The van der Waals surface area contributed by atoms with Crippen LogP contribution in [0.15, 0.2) is 73.8 Å².